The number of aromatic carboxylic acids is 1. The summed E-state index contributed by atoms with van der Waals surface area (Å²) in [6, 6.07) is 12.3. The summed E-state index contributed by atoms with van der Waals surface area (Å²) in [6.07, 6.45) is 8.30. The smallest absolute Gasteiger partial charge is 0.335 e. The van der Waals surface area contributed by atoms with Gasteiger partial charge in [0.15, 0.2) is 0 Å². The zero-order chi connectivity index (χ0) is 21.7. The van der Waals surface area contributed by atoms with Crippen molar-refractivity contribution in [2.75, 3.05) is 0 Å². The lowest BCUT2D eigenvalue weighted by molar-refractivity contribution is 0.0697. The molecule has 0 saturated heterocycles. The molecule has 1 atom stereocenters. The average molecular weight is 403 g/mol. The van der Waals surface area contributed by atoms with Crippen LogP contribution >= 0.6 is 0 Å². The first-order valence-electron chi connectivity index (χ1n) is 11.3. The molecule has 0 amide bonds. The van der Waals surface area contributed by atoms with Crippen LogP contribution in [0.25, 0.3) is 6.08 Å². The van der Waals surface area contributed by atoms with Crippen LogP contribution in [0.1, 0.15) is 104 Å². The highest BCUT2D eigenvalue weighted by atomic mass is 16.4. The van der Waals surface area contributed by atoms with Gasteiger partial charge in [-0.1, -0.05) is 63.6 Å². The third-order valence-corrected chi connectivity index (χ3v) is 7.53. The van der Waals surface area contributed by atoms with Crippen molar-refractivity contribution in [3.8, 4) is 0 Å². The maximum atomic E-state index is 11.1. The number of aryl methyl sites for hydroxylation is 1. The minimum Gasteiger partial charge on any atom is -0.478 e. The highest BCUT2D eigenvalue weighted by Crippen LogP contribution is 2.49. The summed E-state index contributed by atoms with van der Waals surface area (Å²) in [5.41, 5.74) is 9.37. The van der Waals surface area contributed by atoms with Crippen LogP contribution in [-0.4, -0.2) is 11.1 Å². The van der Waals surface area contributed by atoms with E-state index in [2.05, 4.69) is 52.8 Å². The summed E-state index contributed by atoms with van der Waals surface area (Å²) in [5, 5.41) is 9.14. The van der Waals surface area contributed by atoms with Crippen molar-refractivity contribution in [2.45, 2.75) is 83.5 Å². The number of rotatable bonds is 3. The standard InChI is InChI=1S/C28H34O2/c1-18-15-24-25(28(4,5)14-13-27(24,2)3)17-23(18)22-8-6-7-21(22)16-19-9-11-20(12-10-19)26(29)30/h9-12,15-17,22H,6-8,13-14H2,1-5H3,(H,29,30). The molecule has 0 aromatic heterocycles. The van der Waals surface area contributed by atoms with Gasteiger partial charge in [0.1, 0.15) is 0 Å². The summed E-state index contributed by atoms with van der Waals surface area (Å²) in [4.78, 5) is 11.1. The van der Waals surface area contributed by atoms with Crippen LogP contribution in [0.2, 0.25) is 0 Å². The molecule has 0 bridgehead atoms. The predicted octanol–water partition coefficient (Wildman–Crippen LogP) is 7.39. The summed E-state index contributed by atoms with van der Waals surface area (Å²) in [5.74, 6) is -0.404. The zero-order valence-electron chi connectivity index (χ0n) is 19.0. The van der Waals surface area contributed by atoms with Crippen LogP contribution in [0.3, 0.4) is 0 Å². The van der Waals surface area contributed by atoms with Gasteiger partial charge in [-0.3, -0.25) is 0 Å². The fourth-order valence-corrected chi connectivity index (χ4v) is 5.45. The van der Waals surface area contributed by atoms with E-state index >= 15 is 0 Å². The maximum Gasteiger partial charge on any atom is 0.335 e. The Morgan fingerprint density at radius 2 is 1.60 bits per heavy atom. The van der Waals surface area contributed by atoms with E-state index in [1.165, 1.54) is 53.5 Å². The zero-order valence-corrected chi connectivity index (χ0v) is 19.0. The van der Waals surface area contributed by atoms with Crippen molar-refractivity contribution < 1.29 is 9.90 Å². The molecule has 1 N–H and O–H groups in total. The first kappa shape index (κ1) is 20.9. The van der Waals surface area contributed by atoms with Crippen molar-refractivity contribution in [3.05, 3.63) is 75.4 Å². The second-order valence-corrected chi connectivity index (χ2v) is 10.6. The van der Waals surface area contributed by atoms with E-state index in [4.69, 9.17) is 5.11 Å². The van der Waals surface area contributed by atoms with Gasteiger partial charge in [0, 0.05) is 5.92 Å². The molecule has 2 aliphatic carbocycles. The number of hydrogen-bond donors (Lipinski definition) is 1. The van der Waals surface area contributed by atoms with Crippen molar-refractivity contribution in [2.24, 2.45) is 0 Å². The Hall–Kier alpha value is -2.35. The molecule has 2 aliphatic rings. The quantitative estimate of drug-likeness (QED) is 0.581. The summed E-state index contributed by atoms with van der Waals surface area (Å²) >= 11 is 0. The van der Waals surface area contributed by atoms with E-state index in [0.717, 1.165) is 12.0 Å². The molecule has 2 nitrogen and oxygen atoms in total. The van der Waals surface area contributed by atoms with Gasteiger partial charge in [0.25, 0.3) is 0 Å². The Kier molecular flexibility index (Phi) is 5.16. The number of benzene rings is 2. The molecule has 2 aromatic rings. The van der Waals surface area contributed by atoms with Crippen molar-refractivity contribution >= 4 is 12.0 Å². The van der Waals surface area contributed by atoms with Gasteiger partial charge < -0.3 is 5.11 Å². The highest BCUT2D eigenvalue weighted by molar-refractivity contribution is 5.87. The monoisotopic (exact) mass is 402 g/mol. The van der Waals surface area contributed by atoms with Crippen molar-refractivity contribution in [1.82, 2.24) is 0 Å². The minimum absolute atomic E-state index is 0.225. The minimum atomic E-state index is -0.872. The molecule has 0 radical (unpaired) electrons. The van der Waals surface area contributed by atoms with Gasteiger partial charge in [-0.2, -0.15) is 0 Å². The number of carboxylic acids is 1. The Bertz CT molecular complexity index is 1010. The summed E-state index contributed by atoms with van der Waals surface area (Å²) in [6.45, 7) is 11.9. The predicted molar refractivity (Wildman–Crippen MR) is 124 cm³/mol. The lowest BCUT2D eigenvalue weighted by Crippen LogP contribution is -2.34. The van der Waals surface area contributed by atoms with Crippen LogP contribution in [0, 0.1) is 6.92 Å². The SMILES string of the molecule is Cc1cc2c(cc1C1CCCC1=Cc1ccc(C(=O)O)cc1)C(C)(C)CCC2(C)C. The molecule has 158 valence electrons. The van der Waals surface area contributed by atoms with E-state index in [1.54, 1.807) is 12.1 Å². The number of allylic oxidation sites excluding steroid dienone is 1. The third-order valence-electron chi connectivity index (χ3n) is 7.53. The van der Waals surface area contributed by atoms with Crippen molar-refractivity contribution in [3.63, 3.8) is 0 Å². The second kappa shape index (κ2) is 7.41. The van der Waals surface area contributed by atoms with Crippen LogP contribution < -0.4 is 0 Å². The van der Waals surface area contributed by atoms with Gasteiger partial charge in [-0.05, 0) is 89.8 Å². The Balaban J connectivity index is 1.73. The maximum absolute atomic E-state index is 11.1. The Morgan fingerprint density at radius 1 is 1.00 bits per heavy atom. The molecule has 0 aliphatic heterocycles. The van der Waals surface area contributed by atoms with Crippen molar-refractivity contribution in [1.29, 1.82) is 0 Å². The van der Waals surface area contributed by atoms with Gasteiger partial charge in [0.05, 0.1) is 5.56 Å². The van der Waals surface area contributed by atoms with Crippen LogP contribution in [-0.2, 0) is 10.8 Å². The first-order chi connectivity index (χ1) is 14.1. The Labute approximate surface area is 181 Å². The third kappa shape index (κ3) is 3.73. The lowest BCUT2D eigenvalue weighted by atomic mass is 9.62. The Morgan fingerprint density at radius 3 is 2.20 bits per heavy atom. The van der Waals surface area contributed by atoms with Gasteiger partial charge in [0.2, 0.25) is 0 Å². The molecular weight excluding hydrogens is 368 g/mol. The summed E-state index contributed by atoms with van der Waals surface area (Å²) in [7, 11) is 0. The van der Waals surface area contributed by atoms with E-state index in [0.29, 0.717) is 11.5 Å². The largest absolute Gasteiger partial charge is 0.478 e. The molecule has 2 aromatic carbocycles. The van der Waals surface area contributed by atoms with E-state index in [9.17, 15) is 4.79 Å². The molecule has 4 rings (SSSR count). The molecule has 0 heterocycles. The average Bonchev–Trinajstić information content (AvgIpc) is 3.13. The number of hydrogen-bond acceptors (Lipinski definition) is 1. The second-order valence-electron chi connectivity index (χ2n) is 10.6. The van der Waals surface area contributed by atoms with E-state index in [1.807, 2.05) is 12.1 Å². The fraction of sp³-hybridized carbons (Fsp3) is 0.464. The fourth-order valence-electron chi connectivity index (χ4n) is 5.45. The van der Waals surface area contributed by atoms with Gasteiger partial charge in [-0.15, -0.1) is 0 Å². The molecular formula is C28H34O2. The molecule has 30 heavy (non-hydrogen) atoms. The lowest BCUT2D eigenvalue weighted by Gasteiger charge is -2.42. The first-order valence-corrected chi connectivity index (χ1v) is 11.3. The topological polar surface area (TPSA) is 37.3 Å². The number of fused-ring (bicyclic) bond motifs is 1. The normalized spacial score (nSPS) is 23.4. The van der Waals surface area contributed by atoms with Gasteiger partial charge in [-0.25, -0.2) is 4.79 Å². The molecule has 1 unspecified atom stereocenters. The molecule has 2 heteroatoms. The molecule has 1 saturated carbocycles. The van der Waals surface area contributed by atoms with Crippen LogP contribution in [0.4, 0.5) is 0 Å². The number of carboxylic acid groups (broad SMARTS) is 1. The summed E-state index contributed by atoms with van der Waals surface area (Å²) < 4.78 is 0. The molecule has 1 fully saturated rings. The van der Waals surface area contributed by atoms with Crippen LogP contribution in [0.5, 0.6) is 0 Å². The van der Waals surface area contributed by atoms with E-state index < -0.39 is 5.97 Å². The van der Waals surface area contributed by atoms with Gasteiger partial charge >= 0.3 is 5.97 Å². The van der Waals surface area contributed by atoms with E-state index in [-0.39, 0.29) is 10.8 Å². The molecule has 0 spiro atoms. The number of carbonyl (C=O) groups is 1. The van der Waals surface area contributed by atoms with Crippen LogP contribution in [0.15, 0.2) is 42.0 Å². The highest BCUT2D eigenvalue weighted by Gasteiger charge is 2.38.